The van der Waals surface area contributed by atoms with E-state index >= 15 is 0 Å². The summed E-state index contributed by atoms with van der Waals surface area (Å²) in [5.41, 5.74) is 5.17. The van der Waals surface area contributed by atoms with E-state index < -0.39 is 0 Å². The van der Waals surface area contributed by atoms with E-state index in [2.05, 4.69) is 32.6 Å². The lowest BCUT2D eigenvalue weighted by Crippen LogP contribution is -2.25. The lowest BCUT2D eigenvalue weighted by Gasteiger charge is -2.20. The van der Waals surface area contributed by atoms with Gasteiger partial charge in [-0.3, -0.25) is 4.79 Å². The molecule has 21 heavy (non-hydrogen) atoms. The average molecular weight is 345 g/mol. The summed E-state index contributed by atoms with van der Waals surface area (Å²) in [7, 11) is 0. The largest absolute Gasteiger partial charge is 0.322 e. The third-order valence-electron chi connectivity index (χ3n) is 3.75. The third kappa shape index (κ3) is 3.01. The highest BCUT2D eigenvalue weighted by atomic mass is 79.9. The van der Waals surface area contributed by atoms with Crippen molar-refractivity contribution in [3.8, 4) is 0 Å². The summed E-state index contributed by atoms with van der Waals surface area (Å²) in [5, 5.41) is 6.41. The van der Waals surface area contributed by atoms with Crippen LogP contribution >= 0.6 is 15.9 Å². The first kappa shape index (κ1) is 14.3. The number of amides is 1. The molecule has 0 saturated heterocycles. The topological polar surface area (TPSA) is 41.1 Å². The van der Waals surface area contributed by atoms with Crippen molar-refractivity contribution in [3.05, 3.63) is 63.1 Å². The molecule has 0 aliphatic carbocycles. The smallest absolute Gasteiger partial charge is 0.256 e. The van der Waals surface area contributed by atoms with Crippen LogP contribution in [0.15, 0.2) is 40.9 Å². The van der Waals surface area contributed by atoms with Crippen LogP contribution in [0.1, 0.15) is 27.0 Å². The van der Waals surface area contributed by atoms with Gasteiger partial charge in [-0.2, -0.15) is 0 Å². The average Bonchev–Trinajstić information content (AvgIpc) is 2.50. The molecule has 0 saturated carbocycles. The van der Waals surface area contributed by atoms with Crippen molar-refractivity contribution in [2.45, 2.75) is 19.9 Å². The van der Waals surface area contributed by atoms with Crippen LogP contribution in [0.25, 0.3) is 0 Å². The van der Waals surface area contributed by atoms with Crippen LogP contribution in [0.3, 0.4) is 0 Å². The Bertz CT molecular complexity index is 697. The summed E-state index contributed by atoms with van der Waals surface area (Å²) in [4.78, 5) is 12.5. The molecule has 1 amide bonds. The first-order valence-electron chi connectivity index (χ1n) is 7.04. The van der Waals surface area contributed by atoms with E-state index in [1.807, 2.05) is 37.3 Å². The number of nitrogens with one attached hydrogen (secondary N) is 2. The minimum Gasteiger partial charge on any atom is -0.322 e. The summed E-state index contributed by atoms with van der Waals surface area (Å²) >= 11 is 3.45. The predicted molar refractivity (Wildman–Crippen MR) is 88.7 cm³/mol. The molecule has 1 aliphatic rings. The summed E-state index contributed by atoms with van der Waals surface area (Å²) < 4.78 is 0.817. The number of rotatable bonds is 2. The highest BCUT2D eigenvalue weighted by Crippen LogP contribution is 2.25. The van der Waals surface area contributed by atoms with Crippen LogP contribution in [0.2, 0.25) is 0 Å². The van der Waals surface area contributed by atoms with Gasteiger partial charge in [0, 0.05) is 16.7 Å². The first-order chi connectivity index (χ1) is 10.1. The highest BCUT2D eigenvalue weighted by molar-refractivity contribution is 9.10. The van der Waals surface area contributed by atoms with Gasteiger partial charge in [0.2, 0.25) is 0 Å². The van der Waals surface area contributed by atoms with Crippen LogP contribution in [0, 0.1) is 6.92 Å². The fourth-order valence-electron chi connectivity index (χ4n) is 2.65. The van der Waals surface area contributed by atoms with E-state index in [0.717, 1.165) is 35.2 Å². The number of anilines is 1. The Morgan fingerprint density at radius 1 is 1.29 bits per heavy atom. The molecule has 3 nitrogen and oxygen atoms in total. The molecule has 2 N–H and O–H groups in total. The SMILES string of the molecule is Cc1ccc(Br)c(C(=O)Nc2cccc3c2CCNC3)c1. The van der Waals surface area contributed by atoms with Gasteiger partial charge in [0.25, 0.3) is 5.91 Å². The summed E-state index contributed by atoms with van der Waals surface area (Å²) in [6, 6.07) is 11.9. The van der Waals surface area contributed by atoms with Crippen LogP contribution in [0.4, 0.5) is 5.69 Å². The number of benzene rings is 2. The number of aryl methyl sites for hydroxylation is 1. The van der Waals surface area contributed by atoms with E-state index in [-0.39, 0.29) is 5.91 Å². The first-order valence-corrected chi connectivity index (χ1v) is 7.83. The molecule has 1 aliphatic heterocycles. The van der Waals surface area contributed by atoms with Crippen molar-refractivity contribution in [3.63, 3.8) is 0 Å². The molecule has 1 heterocycles. The maximum Gasteiger partial charge on any atom is 0.256 e. The molecule has 0 unspecified atom stereocenters. The Kier molecular flexibility index (Phi) is 4.08. The van der Waals surface area contributed by atoms with Gasteiger partial charge < -0.3 is 10.6 Å². The van der Waals surface area contributed by atoms with Gasteiger partial charge in [0.15, 0.2) is 0 Å². The van der Waals surface area contributed by atoms with E-state index in [4.69, 9.17) is 0 Å². The molecule has 0 atom stereocenters. The summed E-state index contributed by atoms with van der Waals surface area (Å²) in [6.45, 7) is 3.81. The lowest BCUT2D eigenvalue weighted by atomic mass is 9.99. The Morgan fingerprint density at radius 2 is 2.14 bits per heavy atom. The van der Waals surface area contributed by atoms with E-state index in [0.29, 0.717) is 5.56 Å². The zero-order chi connectivity index (χ0) is 14.8. The van der Waals surface area contributed by atoms with Gasteiger partial charge >= 0.3 is 0 Å². The van der Waals surface area contributed by atoms with Gasteiger partial charge in [-0.25, -0.2) is 0 Å². The molecule has 0 spiro atoms. The monoisotopic (exact) mass is 344 g/mol. The van der Waals surface area contributed by atoms with Crippen molar-refractivity contribution in [2.24, 2.45) is 0 Å². The minimum absolute atomic E-state index is 0.0718. The Labute approximate surface area is 132 Å². The van der Waals surface area contributed by atoms with Gasteiger partial charge in [-0.1, -0.05) is 23.8 Å². The molecule has 2 aromatic rings. The molecular formula is C17H17BrN2O. The zero-order valence-corrected chi connectivity index (χ0v) is 13.5. The molecule has 3 rings (SSSR count). The normalized spacial score (nSPS) is 13.6. The Balaban J connectivity index is 1.90. The van der Waals surface area contributed by atoms with Crippen molar-refractivity contribution in [1.82, 2.24) is 5.32 Å². The molecule has 0 radical (unpaired) electrons. The fraction of sp³-hybridized carbons (Fsp3) is 0.235. The molecule has 0 fully saturated rings. The van der Waals surface area contributed by atoms with E-state index in [9.17, 15) is 4.79 Å². The molecule has 4 heteroatoms. The maximum absolute atomic E-state index is 12.5. The number of hydrogen-bond acceptors (Lipinski definition) is 2. The molecule has 0 bridgehead atoms. The van der Waals surface area contributed by atoms with E-state index in [1.54, 1.807) is 0 Å². The number of carbonyl (C=O) groups is 1. The molecular weight excluding hydrogens is 328 g/mol. The fourth-order valence-corrected chi connectivity index (χ4v) is 3.08. The molecule has 108 valence electrons. The van der Waals surface area contributed by atoms with Crippen LogP contribution in [-0.4, -0.2) is 12.5 Å². The zero-order valence-electron chi connectivity index (χ0n) is 11.9. The van der Waals surface area contributed by atoms with Crippen molar-refractivity contribution >= 4 is 27.5 Å². The van der Waals surface area contributed by atoms with E-state index in [1.165, 1.54) is 11.1 Å². The number of hydrogen-bond donors (Lipinski definition) is 2. The van der Waals surface area contributed by atoms with Crippen LogP contribution < -0.4 is 10.6 Å². The molecule has 2 aromatic carbocycles. The maximum atomic E-state index is 12.5. The minimum atomic E-state index is -0.0718. The number of halogens is 1. The van der Waals surface area contributed by atoms with Crippen molar-refractivity contribution in [2.75, 3.05) is 11.9 Å². The Hall–Kier alpha value is -1.65. The lowest BCUT2D eigenvalue weighted by molar-refractivity contribution is 0.102. The Morgan fingerprint density at radius 3 is 3.00 bits per heavy atom. The molecule has 0 aromatic heterocycles. The van der Waals surface area contributed by atoms with Crippen molar-refractivity contribution in [1.29, 1.82) is 0 Å². The quantitative estimate of drug-likeness (QED) is 0.872. The van der Waals surface area contributed by atoms with Crippen LogP contribution in [0.5, 0.6) is 0 Å². The van der Waals surface area contributed by atoms with Crippen molar-refractivity contribution < 1.29 is 4.79 Å². The predicted octanol–water partition coefficient (Wildman–Crippen LogP) is 3.66. The second-order valence-electron chi connectivity index (χ2n) is 5.31. The second-order valence-corrected chi connectivity index (χ2v) is 6.16. The van der Waals surface area contributed by atoms with Gasteiger partial charge in [-0.15, -0.1) is 0 Å². The number of carbonyl (C=O) groups excluding carboxylic acids is 1. The van der Waals surface area contributed by atoms with Crippen LogP contribution in [-0.2, 0) is 13.0 Å². The summed E-state index contributed by atoms with van der Waals surface area (Å²) in [5.74, 6) is -0.0718. The van der Waals surface area contributed by atoms with Gasteiger partial charge in [0.1, 0.15) is 0 Å². The highest BCUT2D eigenvalue weighted by Gasteiger charge is 2.16. The number of fused-ring (bicyclic) bond motifs is 1. The summed E-state index contributed by atoms with van der Waals surface area (Å²) in [6.07, 6.45) is 0.945. The third-order valence-corrected chi connectivity index (χ3v) is 4.45. The van der Waals surface area contributed by atoms with Gasteiger partial charge in [-0.05, 0) is 65.1 Å². The van der Waals surface area contributed by atoms with Gasteiger partial charge in [0.05, 0.1) is 5.56 Å². The second kappa shape index (κ2) is 6.00. The standard InChI is InChI=1S/C17H17BrN2O/c1-11-5-6-15(18)14(9-11)17(21)20-16-4-2-3-12-10-19-8-7-13(12)16/h2-6,9,19H,7-8,10H2,1H3,(H,20,21).